The van der Waals surface area contributed by atoms with Gasteiger partial charge in [0, 0.05) is 5.92 Å². The Morgan fingerprint density at radius 2 is 1.78 bits per heavy atom. The highest BCUT2D eigenvalue weighted by Gasteiger charge is 2.29. The molecule has 0 saturated heterocycles. The molecule has 0 bridgehead atoms. The van der Waals surface area contributed by atoms with Crippen LogP contribution in [0.15, 0.2) is 54.6 Å². The molecule has 27 heavy (non-hydrogen) atoms. The van der Waals surface area contributed by atoms with E-state index in [-0.39, 0.29) is 5.82 Å². The third kappa shape index (κ3) is 3.12. The molecular formula is C20H17FN6. The van der Waals surface area contributed by atoms with Crippen molar-refractivity contribution in [3.8, 4) is 0 Å². The van der Waals surface area contributed by atoms with Crippen LogP contribution in [-0.2, 0) is 6.54 Å². The number of anilines is 2. The fourth-order valence-electron chi connectivity index (χ4n) is 3.04. The summed E-state index contributed by atoms with van der Waals surface area (Å²) in [6.07, 6.45) is 2.15. The number of nitrogens with zero attached hydrogens (tertiary/aromatic N) is 5. The second kappa shape index (κ2) is 6.42. The number of rotatable bonds is 5. The summed E-state index contributed by atoms with van der Waals surface area (Å²) >= 11 is 0. The molecule has 1 aliphatic carbocycles. The Labute approximate surface area is 155 Å². The molecule has 0 radical (unpaired) electrons. The number of benzene rings is 2. The van der Waals surface area contributed by atoms with Crippen LogP contribution in [0.25, 0.3) is 11.2 Å². The molecule has 0 spiro atoms. The van der Waals surface area contributed by atoms with Crippen LogP contribution in [0.4, 0.5) is 15.9 Å². The number of halogens is 1. The molecule has 6 nitrogen and oxygen atoms in total. The number of hydrogen-bond donors (Lipinski definition) is 1. The maximum absolute atomic E-state index is 14.1. The Bertz CT molecular complexity index is 1100. The number of fused-ring (bicyclic) bond motifs is 1. The van der Waals surface area contributed by atoms with Crippen molar-refractivity contribution >= 4 is 22.7 Å². The summed E-state index contributed by atoms with van der Waals surface area (Å²) in [5.41, 5.74) is 2.67. The molecule has 2 aromatic heterocycles. The van der Waals surface area contributed by atoms with Gasteiger partial charge in [-0.3, -0.25) is 0 Å². The molecule has 0 amide bonds. The Morgan fingerprint density at radius 3 is 2.56 bits per heavy atom. The standard InChI is InChI=1S/C20H17FN6/c21-15-8-4-5-9-16(15)22-19-17-20(24-18(23-19)14-10-11-14)27(26-25-17)12-13-6-2-1-3-7-13/h1-9,14H,10-12H2,(H,22,23,24). The fourth-order valence-corrected chi connectivity index (χ4v) is 3.04. The van der Waals surface area contributed by atoms with Gasteiger partial charge in [0.05, 0.1) is 12.2 Å². The predicted octanol–water partition coefficient (Wildman–Crippen LogP) is 4.03. The third-order valence-electron chi connectivity index (χ3n) is 4.62. The molecule has 4 aromatic rings. The summed E-state index contributed by atoms with van der Waals surface area (Å²) in [7, 11) is 0. The molecule has 134 valence electrons. The number of para-hydroxylation sites is 1. The molecule has 5 rings (SSSR count). The van der Waals surface area contributed by atoms with E-state index in [2.05, 4.69) is 20.6 Å². The monoisotopic (exact) mass is 360 g/mol. The van der Waals surface area contributed by atoms with E-state index < -0.39 is 0 Å². The van der Waals surface area contributed by atoms with Gasteiger partial charge >= 0.3 is 0 Å². The van der Waals surface area contributed by atoms with Crippen LogP contribution in [0, 0.1) is 5.82 Å². The lowest BCUT2D eigenvalue weighted by Gasteiger charge is -2.09. The first kappa shape index (κ1) is 15.9. The minimum Gasteiger partial charge on any atom is -0.336 e. The van der Waals surface area contributed by atoms with Crippen molar-refractivity contribution in [2.45, 2.75) is 25.3 Å². The van der Waals surface area contributed by atoms with Crippen LogP contribution in [-0.4, -0.2) is 25.0 Å². The first-order chi connectivity index (χ1) is 13.3. The van der Waals surface area contributed by atoms with Gasteiger partial charge < -0.3 is 5.32 Å². The Balaban J connectivity index is 1.59. The molecule has 1 saturated carbocycles. The number of hydrogen-bond acceptors (Lipinski definition) is 5. The van der Waals surface area contributed by atoms with Gasteiger partial charge in [0.1, 0.15) is 11.6 Å². The van der Waals surface area contributed by atoms with Crippen LogP contribution in [0.3, 0.4) is 0 Å². The molecule has 1 N–H and O–H groups in total. The van der Waals surface area contributed by atoms with Crippen LogP contribution < -0.4 is 5.32 Å². The summed E-state index contributed by atoms with van der Waals surface area (Å²) in [5.74, 6) is 1.27. The zero-order valence-electron chi connectivity index (χ0n) is 14.5. The zero-order chi connectivity index (χ0) is 18.2. The normalized spacial score (nSPS) is 13.8. The van der Waals surface area contributed by atoms with Gasteiger partial charge in [0.15, 0.2) is 17.0 Å². The molecule has 0 unspecified atom stereocenters. The van der Waals surface area contributed by atoms with Gasteiger partial charge in [-0.2, -0.15) is 0 Å². The molecule has 0 aliphatic heterocycles. The average molecular weight is 360 g/mol. The maximum Gasteiger partial charge on any atom is 0.184 e. The zero-order valence-corrected chi connectivity index (χ0v) is 14.5. The maximum atomic E-state index is 14.1. The Hall–Kier alpha value is -3.35. The second-order valence-corrected chi connectivity index (χ2v) is 6.71. The lowest BCUT2D eigenvalue weighted by atomic mass is 10.2. The third-order valence-corrected chi connectivity index (χ3v) is 4.62. The van der Waals surface area contributed by atoms with E-state index >= 15 is 0 Å². The summed E-state index contributed by atoms with van der Waals surface area (Å²) in [6.45, 7) is 0.567. The van der Waals surface area contributed by atoms with Crippen molar-refractivity contribution in [2.75, 3.05) is 5.32 Å². The Morgan fingerprint density at radius 1 is 1.00 bits per heavy atom. The Kier molecular flexibility index (Phi) is 3.78. The van der Waals surface area contributed by atoms with Crippen molar-refractivity contribution in [1.82, 2.24) is 25.0 Å². The number of aromatic nitrogens is 5. The smallest absolute Gasteiger partial charge is 0.184 e. The first-order valence-corrected chi connectivity index (χ1v) is 8.94. The van der Waals surface area contributed by atoms with Crippen LogP contribution in [0.5, 0.6) is 0 Å². The lowest BCUT2D eigenvalue weighted by Crippen LogP contribution is -2.06. The van der Waals surface area contributed by atoms with Gasteiger partial charge in [-0.25, -0.2) is 19.0 Å². The van der Waals surface area contributed by atoms with E-state index in [1.165, 1.54) is 6.07 Å². The minimum absolute atomic E-state index is 0.339. The largest absolute Gasteiger partial charge is 0.336 e. The molecule has 2 heterocycles. The van der Waals surface area contributed by atoms with Crippen molar-refractivity contribution < 1.29 is 4.39 Å². The first-order valence-electron chi connectivity index (χ1n) is 8.94. The molecule has 7 heteroatoms. The molecule has 1 fully saturated rings. The van der Waals surface area contributed by atoms with Crippen LogP contribution in [0.1, 0.15) is 30.1 Å². The molecular weight excluding hydrogens is 343 g/mol. The summed E-state index contributed by atoms with van der Waals surface area (Å²) < 4.78 is 15.9. The average Bonchev–Trinajstić information content (AvgIpc) is 3.47. The van der Waals surface area contributed by atoms with E-state index in [9.17, 15) is 4.39 Å². The highest BCUT2D eigenvalue weighted by molar-refractivity contribution is 5.85. The number of nitrogens with one attached hydrogen (secondary N) is 1. The fraction of sp³-hybridized carbons (Fsp3) is 0.200. The van der Waals surface area contributed by atoms with E-state index in [0.29, 0.717) is 35.1 Å². The lowest BCUT2D eigenvalue weighted by molar-refractivity contribution is 0.632. The predicted molar refractivity (Wildman–Crippen MR) is 100 cm³/mol. The van der Waals surface area contributed by atoms with E-state index in [1.807, 2.05) is 30.3 Å². The van der Waals surface area contributed by atoms with Crippen LogP contribution >= 0.6 is 0 Å². The highest BCUT2D eigenvalue weighted by Crippen LogP contribution is 2.39. The van der Waals surface area contributed by atoms with E-state index in [0.717, 1.165) is 24.2 Å². The van der Waals surface area contributed by atoms with Crippen molar-refractivity contribution in [1.29, 1.82) is 0 Å². The quantitative estimate of drug-likeness (QED) is 0.582. The van der Waals surface area contributed by atoms with E-state index in [4.69, 9.17) is 4.98 Å². The summed E-state index contributed by atoms with van der Waals surface area (Å²) in [6, 6.07) is 16.5. The topological polar surface area (TPSA) is 68.5 Å². The minimum atomic E-state index is -0.339. The van der Waals surface area contributed by atoms with Crippen molar-refractivity contribution in [3.05, 3.63) is 71.8 Å². The summed E-state index contributed by atoms with van der Waals surface area (Å²) in [4.78, 5) is 9.33. The van der Waals surface area contributed by atoms with E-state index in [1.54, 1.807) is 22.9 Å². The SMILES string of the molecule is Fc1ccccc1Nc1nc(C2CC2)nc2c1nnn2Cc1ccccc1. The van der Waals surface area contributed by atoms with Gasteiger partial charge in [-0.05, 0) is 30.5 Å². The van der Waals surface area contributed by atoms with Gasteiger partial charge in [0.2, 0.25) is 0 Å². The molecule has 2 aromatic carbocycles. The van der Waals surface area contributed by atoms with Crippen molar-refractivity contribution in [3.63, 3.8) is 0 Å². The van der Waals surface area contributed by atoms with Gasteiger partial charge in [-0.15, -0.1) is 5.10 Å². The molecule has 1 aliphatic rings. The second-order valence-electron chi connectivity index (χ2n) is 6.71. The highest BCUT2D eigenvalue weighted by atomic mass is 19.1. The van der Waals surface area contributed by atoms with Gasteiger partial charge in [0.25, 0.3) is 0 Å². The molecule has 0 atom stereocenters. The van der Waals surface area contributed by atoms with Crippen molar-refractivity contribution in [2.24, 2.45) is 0 Å². The van der Waals surface area contributed by atoms with Crippen LogP contribution in [0.2, 0.25) is 0 Å². The van der Waals surface area contributed by atoms with Gasteiger partial charge in [-0.1, -0.05) is 47.7 Å². The summed E-state index contributed by atoms with van der Waals surface area (Å²) in [5, 5.41) is 11.6.